The fourth-order valence-electron chi connectivity index (χ4n) is 5.81. The van der Waals surface area contributed by atoms with Gasteiger partial charge in [0.2, 0.25) is 11.8 Å². The lowest BCUT2D eigenvalue weighted by Crippen LogP contribution is -2.52. The van der Waals surface area contributed by atoms with Gasteiger partial charge < -0.3 is 15.0 Å². The van der Waals surface area contributed by atoms with Crippen molar-refractivity contribution in [3.05, 3.63) is 65.7 Å². The van der Waals surface area contributed by atoms with Gasteiger partial charge in [-0.1, -0.05) is 42.5 Å². The molecule has 0 aliphatic carbocycles. The summed E-state index contributed by atoms with van der Waals surface area (Å²) < 4.78 is 5.45. The van der Waals surface area contributed by atoms with Crippen LogP contribution in [-0.2, 0) is 21.5 Å². The number of methoxy groups -OCH3 is 1. The molecule has 6 nitrogen and oxygen atoms in total. The van der Waals surface area contributed by atoms with Crippen molar-refractivity contribution in [3.63, 3.8) is 0 Å². The molecule has 3 aliphatic heterocycles. The average Bonchev–Trinajstić information content (AvgIpc) is 3.41. The lowest BCUT2D eigenvalue weighted by Gasteiger charge is -2.35. The Bertz CT molecular complexity index is 1000. The summed E-state index contributed by atoms with van der Waals surface area (Å²) in [6, 6.07) is 18.7. The largest absolute Gasteiger partial charge is 0.497 e. The molecule has 2 atom stereocenters. The van der Waals surface area contributed by atoms with Gasteiger partial charge in [-0.3, -0.25) is 14.5 Å². The molecule has 3 aliphatic rings. The highest BCUT2D eigenvalue weighted by Gasteiger charge is 2.54. The fraction of sp³-hybridized carbons (Fsp3) is 0.481. The molecule has 3 fully saturated rings. The van der Waals surface area contributed by atoms with Crippen molar-refractivity contribution in [1.29, 1.82) is 0 Å². The number of rotatable bonds is 6. The summed E-state index contributed by atoms with van der Waals surface area (Å²) in [4.78, 5) is 30.7. The summed E-state index contributed by atoms with van der Waals surface area (Å²) in [5.74, 6) is 0.971. The van der Waals surface area contributed by atoms with E-state index in [4.69, 9.17) is 4.74 Å². The number of nitrogens with one attached hydrogen (secondary N) is 1. The highest BCUT2D eigenvalue weighted by atomic mass is 16.5. The van der Waals surface area contributed by atoms with E-state index in [1.807, 2.05) is 35.2 Å². The standard InChI is InChI=1S/C27H33N3O3/c1-33-24-9-5-8-21(16-24)27(17-23-10-11-25(31)30(23)19-27)26(32)28-22-12-14-29(15-13-22)18-20-6-3-2-4-7-20/h2-9,16,22-23H,10-15,17-19H2,1H3,(H,28,32)/t23-,27-/m0/s1. The van der Waals surface area contributed by atoms with E-state index in [2.05, 4.69) is 34.5 Å². The lowest BCUT2D eigenvalue weighted by molar-refractivity contribution is -0.130. The number of ether oxygens (including phenoxy) is 1. The molecular weight excluding hydrogens is 414 g/mol. The van der Waals surface area contributed by atoms with Crippen molar-refractivity contribution in [2.75, 3.05) is 26.7 Å². The maximum Gasteiger partial charge on any atom is 0.232 e. The Labute approximate surface area is 195 Å². The monoisotopic (exact) mass is 447 g/mol. The molecule has 0 aromatic heterocycles. The van der Waals surface area contributed by atoms with Crippen LogP contribution in [0.4, 0.5) is 0 Å². The first-order valence-corrected chi connectivity index (χ1v) is 12.1. The van der Waals surface area contributed by atoms with Crippen LogP contribution in [0.2, 0.25) is 0 Å². The predicted molar refractivity (Wildman–Crippen MR) is 127 cm³/mol. The minimum Gasteiger partial charge on any atom is -0.497 e. The Morgan fingerprint density at radius 1 is 1.09 bits per heavy atom. The Kier molecular flexibility index (Phi) is 6.11. The molecule has 2 amide bonds. The highest BCUT2D eigenvalue weighted by molar-refractivity contribution is 5.91. The van der Waals surface area contributed by atoms with E-state index in [9.17, 15) is 9.59 Å². The van der Waals surface area contributed by atoms with E-state index in [1.165, 1.54) is 5.56 Å². The van der Waals surface area contributed by atoms with Crippen LogP contribution in [0.15, 0.2) is 54.6 Å². The van der Waals surface area contributed by atoms with E-state index in [1.54, 1.807) is 7.11 Å². The van der Waals surface area contributed by atoms with E-state index in [-0.39, 0.29) is 23.9 Å². The number of carbonyl (C=O) groups is 2. The van der Waals surface area contributed by atoms with Gasteiger partial charge in [0.25, 0.3) is 0 Å². The van der Waals surface area contributed by atoms with Crippen LogP contribution in [0.5, 0.6) is 5.75 Å². The summed E-state index contributed by atoms with van der Waals surface area (Å²) in [7, 11) is 1.64. The van der Waals surface area contributed by atoms with Crippen LogP contribution in [0.25, 0.3) is 0 Å². The molecule has 1 N–H and O–H groups in total. The Balaban J connectivity index is 1.29. The van der Waals surface area contributed by atoms with Gasteiger partial charge >= 0.3 is 0 Å². The molecular formula is C27H33N3O3. The maximum absolute atomic E-state index is 13.8. The first-order valence-electron chi connectivity index (χ1n) is 12.1. The number of hydrogen-bond donors (Lipinski definition) is 1. The summed E-state index contributed by atoms with van der Waals surface area (Å²) in [6.07, 6.45) is 4.01. The number of hydrogen-bond acceptors (Lipinski definition) is 4. The van der Waals surface area contributed by atoms with Gasteiger partial charge in [0.05, 0.1) is 12.5 Å². The van der Waals surface area contributed by atoms with Gasteiger partial charge in [-0.05, 0) is 48.9 Å². The van der Waals surface area contributed by atoms with Gasteiger partial charge in [-0.2, -0.15) is 0 Å². The molecule has 0 bridgehead atoms. The molecule has 0 radical (unpaired) electrons. The van der Waals surface area contributed by atoms with Crippen molar-refractivity contribution >= 4 is 11.8 Å². The quantitative estimate of drug-likeness (QED) is 0.739. The SMILES string of the molecule is COc1cccc([C@]2(C(=O)NC3CCN(Cc4ccccc4)CC3)C[C@@H]3CCC(=O)N3C2)c1. The van der Waals surface area contributed by atoms with E-state index in [0.717, 1.165) is 50.2 Å². The molecule has 6 heteroatoms. The minimum atomic E-state index is -0.712. The molecule has 0 unspecified atom stereocenters. The maximum atomic E-state index is 13.8. The molecule has 5 rings (SSSR count). The zero-order chi connectivity index (χ0) is 22.8. The zero-order valence-corrected chi connectivity index (χ0v) is 19.3. The van der Waals surface area contributed by atoms with E-state index < -0.39 is 5.41 Å². The van der Waals surface area contributed by atoms with Gasteiger partial charge in [0, 0.05) is 44.7 Å². The molecule has 174 valence electrons. The Morgan fingerprint density at radius 2 is 1.88 bits per heavy atom. The molecule has 0 spiro atoms. The van der Waals surface area contributed by atoms with Gasteiger partial charge in [0.1, 0.15) is 5.75 Å². The smallest absolute Gasteiger partial charge is 0.232 e. The topological polar surface area (TPSA) is 61.9 Å². The van der Waals surface area contributed by atoms with Crippen molar-refractivity contribution in [2.45, 2.75) is 56.1 Å². The molecule has 2 aromatic rings. The lowest BCUT2D eigenvalue weighted by atomic mass is 9.76. The predicted octanol–water partition coefficient (Wildman–Crippen LogP) is 3.11. The first kappa shape index (κ1) is 22.0. The van der Waals surface area contributed by atoms with Crippen LogP contribution in [0, 0.1) is 0 Å². The van der Waals surface area contributed by atoms with Crippen molar-refractivity contribution in [2.24, 2.45) is 0 Å². The van der Waals surface area contributed by atoms with Crippen LogP contribution < -0.4 is 10.1 Å². The highest BCUT2D eigenvalue weighted by Crippen LogP contribution is 2.44. The third-order valence-electron chi connectivity index (χ3n) is 7.71. The second-order valence-electron chi connectivity index (χ2n) is 9.74. The van der Waals surface area contributed by atoms with Crippen LogP contribution in [-0.4, -0.2) is 60.4 Å². The van der Waals surface area contributed by atoms with E-state index in [0.29, 0.717) is 19.4 Å². The number of amides is 2. The number of piperidine rings is 1. The van der Waals surface area contributed by atoms with Crippen molar-refractivity contribution < 1.29 is 14.3 Å². The number of nitrogens with zero attached hydrogens (tertiary/aromatic N) is 2. The number of likely N-dealkylation sites (tertiary alicyclic amines) is 1. The summed E-state index contributed by atoms with van der Waals surface area (Å²) >= 11 is 0. The second-order valence-corrected chi connectivity index (χ2v) is 9.74. The third-order valence-corrected chi connectivity index (χ3v) is 7.71. The summed E-state index contributed by atoms with van der Waals surface area (Å²) in [5, 5.41) is 3.38. The Morgan fingerprint density at radius 3 is 2.61 bits per heavy atom. The molecule has 3 saturated heterocycles. The van der Waals surface area contributed by atoms with E-state index >= 15 is 0 Å². The zero-order valence-electron chi connectivity index (χ0n) is 19.3. The van der Waals surface area contributed by atoms with Crippen LogP contribution in [0.1, 0.15) is 43.2 Å². The van der Waals surface area contributed by atoms with Crippen molar-refractivity contribution in [3.8, 4) is 5.75 Å². The van der Waals surface area contributed by atoms with Gasteiger partial charge in [-0.15, -0.1) is 0 Å². The third kappa shape index (κ3) is 4.36. The van der Waals surface area contributed by atoms with Crippen molar-refractivity contribution in [1.82, 2.24) is 15.1 Å². The Hall–Kier alpha value is -2.86. The molecule has 3 heterocycles. The normalized spacial score (nSPS) is 25.8. The van der Waals surface area contributed by atoms with Gasteiger partial charge in [-0.25, -0.2) is 0 Å². The molecule has 2 aromatic carbocycles. The first-order chi connectivity index (χ1) is 16.1. The molecule has 33 heavy (non-hydrogen) atoms. The fourth-order valence-corrected chi connectivity index (χ4v) is 5.81. The summed E-state index contributed by atoms with van der Waals surface area (Å²) in [6.45, 7) is 3.36. The van der Waals surface area contributed by atoms with Gasteiger partial charge in [0.15, 0.2) is 0 Å². The average molecular weight is 448 g/mol. The van der Waals surface area contributed by atoms with Crippen LogP contribution in [0.3, 0.4) is 0 Å². The number of carbonyl (C=O) groups excluding carboxylic acids is 2. The second kappa shape index (κ2) is 9.18. The molecule has 0 saturated carbocycles. The summed E-state index contributed by atoms with van der Waals surface area (Å²) in [5.41, 5.74) is 1.56. The van der Waals surface area contributed by atoms with Crippen LogP contribution >= 0.6 is 0 Å². The minimum absolute atomic E-state index is 0.0551. The number of benzene rings is 2. The number of fused-ring (bicyclic) bond motifs is 1.